The molecule has 88 valence electrons. The van der Waals surface area contributed by atoms with E-state index in [4.69, 9.17) is 10.5 Å². The second-order valence-electron chi connectivity index (χ2n) is 4.06. The maximum absolute atomic E-state index is 11.3. The molecule has 0 aromatic heterocycles. The van der Waals surface area contributed by atoms with Gasteiger partial charge in [-0.2, -0.15) is 0 Å². The van der Waals surface area contributed by atoms with Gasteiger partial charge < -0.3 is 15.8 Å². The summed E-state index contributed by atoms with van der Waals surface area (Å²) in [6.45, 7) is 4.77. The van der Waals surface area contributed by atoms with Crippen LogP contribution < -0.4 is 15.8 Å². The highest BCUT2D eigenvalue weighted by Gasteiger charge is 2.03. The summed E-state index contributed by atoms with van der Waals surface area (Å²) < 4.78 is 5.29. The molecule has 0 unspecified atom stereocenters. The number of nitrogens with one attached hydrogen (secondary N) is 1. The summed E-state index contributed by atoms with van der Waals surface area (Å²) in [6, 6.07) is 7.02. The summed E-state index contributed by atoms with van der Waals surface area (Å²) in [6.07, 6.45) is 0. The standard InChI is InChI=1S/C12H18N2O2/c1-9(2)7-14-12(15)8-16-11-5-3-4-10(13)6-11/h3-6,9H,7-8,13H2,1-2H3,(H,14,15). The lowest BCUT2D eigenvalue weighted by molar-refractivity contribution is -0.123. The van der Waals surface area contributed by atoms with Crippen LogP contribution in [0.15, 0.2) is 24.3 Å². The first kappa shape index (κ1) is 12.4. The van der Waals surface area contributed by atoms with Gasteiger partial charge in [-0.1, -0.05) is 19.9 Å². The highest BCUT2D eigenvalue weighted by molar-refractivity contribution is 5.77. The lowest BCUT2D eigenvalue weighted by atomic mass is 10.2. The van der Waals surface area contributed by atoms with Gasteiger partial charge in [-0.05, 0) is 18.1 Å². The first-order valence-corrected chi connectivity index (χ1v) is 5.33. The quantitative estimate of drug-likeness (QED) is 0.740. The van der Waals surface area contributed by atoms with Crippen molar-refractivity contribution < 1.29 is 9.53 Å². The lowest BCUT2D eigenvalue weighted by Crippen LogP contribution is -2.31. The Morgan fingerprint density at radius 1 is 1.50 bits per heavy atom. The van der Waals surface area contributed by atoms with Crippen LogP contribution in [0.4, 0.5) is 5.69 Å². The van der Waals surface area contributed by atoms with Crippen molar-refractivity contribution in [1.82, 2.24) is 5.32 Å². The van der Waals surface area contributed by atoms with E-state index in [-0.39, 0.29) is 12.5 Å². The maximum atomic E-state index is 11.3. The van der Waals surface area contributed by atoms with Crippen molar-refractivity contribution >= 4 is 11.6 Å². The van der Waals surface area contributed by atoms with E-state index in [2.05, 4.69) is 5.32 Å². The second kappa shape index (κ2) is 6.00. The molecule has 1 amide bonds. The molecule has 1 aromatic carbocycles. The number of hydrogen-bond acceptors (Lipinski definition) is 3. The maximum Gasteiger partial charge on any atom is 0.257 e. The number of carbonyl (C=O) groups excluding carboxylic acids is 1. The van der Waals surface area contributed by atoms with E-state index in [1.165, 1.54) is 0 Å². The predicted octanol–water partition coefficient (Wildman–Crippen LogP) is 1.42. The third-order valence-corrected chi connectivity index (χ3v) is 1.94. The lowest BCUT2D eigenvalue weighted by Gasteiger charge is -2.09. The fourth-order valence-electron chi connectivity index (χ4n) is 1.12. The van der Waals surface area contributed by atoms with Gasteiger partial charge in [0.25, 0.3) is 5.91 Å². The van der Waals surface area contributed by atoms with Crippen molar-refractivity contribution in [3.05, 3.63) is 24.3 Å². The van der Waals surface area contributed by atoms with Gasteiger partial charge in [0.15, 0.2) is 6.61 Å². The van der Waals surface area contributed by atoms with Crippen LogP contribution in [-0.4, -0.2) is 19.1 Å². The highest BCUT2D eigenvalue weighted by atomic mass is 16.5. The van der Waals surface area contributed by atoms with Crippen LogP contribution in [0.5, 0.6) is 5.75 Å². The molecule has 0 aliphatic heterocycles. The molecule has 4 nitrogen and oxygen atoms in total. The molecule has 1 rings (SSSR count). The molecule has 1 aromatic rings. The van der Waals surface area contributed by atoms with Gasteiger partial charge in [-0.25, -0.2) is 0 Å². The molecule has 0 heterocycles. The molecule has 0 aliphatic rings. The van der Waals surface area contributed by atoms with Gasteiger partial charge in [0.2, 0.25) is 0 Å². The topological polar surface area (TPSA) is 64.3 Å². The SMILES string of the molecule is CC(C)CNC(=O)COc1cccc(N)c1. The van der Waals surface area contributed by atoms with Crippen LogP contribution >= 0.6 is 0 Å². The molecule has 3 N–H and O–H groups in total. The number of nitrogen functional groups attached to an aromatic ring is 1. The third-order valence-electron chi connectivity index (χ3n) is 1.94. The van der Waals surface area contributed by atoms with Crippen LogP contribution in [0.25, 0.3) is 0 Å². The first-order chi connectivity index (χ1) is 7.58. The van der Waals surface area contributed by atoms with Crippen LogP contribution in [-0.2, 0) is 4.79 Å². The molecule has 0 aliphatic carbocycles. The summed E-state index contributed by atoms with van der Waals surface area (Å²) in [5.74, 6) is 0.937. The molecular formula is C12H18N2O2. The molecule has 0 saturated heterocycles. The zero-order valence-electron chi connectivity index (χ0n) is 9.69. The average molecular weight is 222 g/mol. The van der Waals surface area contributed by atoms with Crippen molar-refractivity contribution in [2.24, 2.45) is 5.92 Å². The van der Waals surface area contributed by atoms with Gasteiger partial charge in [0.1, 0.15) is 5.75 Å². The van der Waals surface area contributed by atoms with E-state index >= 15 is 0 Å². The fraction of sp³-hybridized carbons (Fsp3) is 0.417. The minimum atomic E-state index is -0.115. The average Bonchev–Trinajstić information content (AvgIpc) is 2.23. The van der Waals surface area contributed by atoms with E-state index in [1.54, 1.807) is 24.3 Å². The Balaban J connectivity index is 2.31. The van der Waals surface area contributed by atoms with Crippen molar-refractivity contribution in [2.75, 3.05) is 18.9 Å². The minimum Gasteiger partial charge on any atom is -0.484 e. The van der Waals surface area contributed by atoms with E-state index in [1.807, 2.05) is 13.8 Å². The van der Waals surface area contributed by atoms with Gasteiger partial charge in [0, 0.05) is 18.3 Å². The Morgan fingerprint density at radius 2 is 2.25 bits per heavy atom. The molecule has 4 heteroatoms. The van der Waals surface area contributed by atoms with E-state index < -0.39 is 0 Å². The largest absolute Gasteiger partial charge is 0.484 e. The molecule has 0 radical (unpaired) electrons. The van der Waals surface area contributed by atoms with Gasteiger partial charge >= 0.3 is 0 Å². The number of rotatable bonds is 5. The van der Waals surface area contributed by atoms with Crippen LogP contribution in [0.3, 0.4) is 0 Å². The number of amides is 1. The molecule has 0 fully saturated rings. The highest BCUT2D eigenvalue weighted by Crippen LogP contribution is 2.13. The molecular weight excluding hydrogens is 204 g/mol. The first-order valence-electron chi connectivity index (χ1n) is 5.33. The van der Waals surface area contributed by atoms with E-state index in [0.717, 1.165) is 0 Å². The Hall–Kier alpha value is -1.71. The molecule has 16 heavy (non-hydrogen) atoms. The third kappa shape index (κ3) is 4.68. The number of nitrogens with two attached hydrogens (primary N) is 1. The Morgan fingerprint density at radius 3 is 2.88 bits per heavy atom. The molecule has 0 spiro atoms. The number of carbonyl (C=O) groups is 1. The van der Waals surface area contributed by atoms with Gasteiger partial charge in [0.05, 0.1) is 0 Å². The summed E-state index contributed by atoms with van der Waals surface area (Å²) >= 11 is 0. The summed E-state index contributed by atoms with van der Waals surface area (Å²) in [5, 5.41) is 2.77. The zero-order chi connectivity index (χ0) is 12.0. The molecule has 0 atom stereocenters. The van der Waals surface area contributed by atoms with Gasteiger partial charge in [-0.3, -0.25) is 4.79 Å². The number of anilines is 1. The van der Waals surface area contributed by atoms with Crippen LogP contribution in [0, 0.1) is 5.92 Å². The molecule has 0 bridgehead atoms. The van der Waals surface area contributed by atoms with Crippen LogP contribution in [0.1, 0.15) is 13.8 Å². The summed E-state index contributed by atoms with van der Waals surface area (Å²) in [4.78, 5) is 11.3. The van der Waals surface area contributed by atoms with Crippen LogP contribution in [0.2, 0.25) is 0 Å². The number of ether oxygens (including phenoxy) is 1. The Kier molecular flexibility index (Phi) is 4.64. The fourth-order valence-corrected chi connectivity index (χ4v) is 1.12. The normalized spacial score (nSPS) is 10.2. The van der Waals surface area contributed by atoms with Gasteiger partial charge in [-0.15, -0.1) is 0 Å². The van der Waals surface area contributed by atoms with Crippen molar-refractivity contribution in [3.8, 4) is 5.75 Å². The predicted molar refractivity (Wildman–Crippen MR) is 64.2 cm³/mol. The summed E-state index contributed by atoms with van der Waals surface area (Å²) in [7, 11) is 0. The number of hydrogen-bond donors (Lipinski definition) is 2. The molecule has 0 saturated carbocycles. The Bertz CT molecular complexity index is 351. The van der Waals surface area contributed by atoms with E-state index in [9.17, 15) is 4.79 Å². The van der Waals surface area contributed by atoms with Crippen molar-refractivity contribution in [2.45, 2.75) is 13.8 Å². The smallest absolute Gasteiger partial charge is 0.257 e. The number of benzene rings is 1. The minimum absolute atomic E-state index is 0.0240. The second-order valence-corrected chi connectivity index (χ2v) is 4.06. The monoisotopic (exact) mass is 222 g/mol. The zero-order valence-corrected chi connectivity index (χ0v) is 9.69. The van der Waals surface area contributed by atoms with Crippen molar-refractivity contribution in [1.29, 1.82) is 0 Å². The van der Waals surface area contributed by atoms with E-state index in [0.29, 0.717) is 23.9 Å². The Labute approximate surface area is 95.8 Å². The van der Waals surface area contributed by atoms with Crippen molar-refractivity contribution in [3.63, 3.8) is 0 Å². The summed E-state index contributed by atoms with van der Waals surface area (Å²) in [5.41, 5.74) is 6.21.